The molecule has 0 spiro atoms. The van der Waals surface area contributed by atoms with E-state index in [2.05, 4.69) is 15.2 Å². The van der Waals surface area contributed by atoms with Crippen LogP contribution in [0.3, 0.4) is 0 Å². The highest BCUT2D eigenvalue weighted by Gasteiger charge is 2.20. The number of nitrogens with one attached hydrogen (secondary N) is 1. The molecule has 0 unspecified atom stereocenters. The molecule has 6 heteroatoms. The molecule has 1 amide bonds. The highest BCUT2D eigenvalue weighted by molar-refractivity contribution is 5.90. The fourth-order valence-corrected chi connectivity index (χ4v) is 2.06. The van der Waals surface area contributed by atoms with Crippen molar-refractivity contribution in [3.8, 4) is 0 Å². The third-order valence-electron chi connectivity index (χ3n) is 3.08. The van der Waals surface area contributed by atoms with Gasteiger partial charge in [0.05, 0.1) is 6.61 Å². The fraction of sp³-hybridized carbons (Fsp3) is 0.400. The fourth-order valence-electron chi connectivity index (χ4n) is 2.06. The summed E-state index contributed by atoms with van der Waals surface area (Å²) in [4.78, 5) is 18.2. The van der Waals surface area contributed by atoms with Crippen LogP contribution in [0, 0.1) is 0 Å². The predicted molar refractivity (Wildman–Crippen MR) is 78.6 cm³/mol. The zero-order valence-corrected chi connectivity index (χ0v) is 12.1. The molecule has 0 radical (unpaired) electrons. The van der Waals surface area contributed by atoms with E-state index in [1.807, 2.05) is 37.3 Å². The van der Waals surface area contributed by atoms with E-state index in [-0.39, 0.29) is 24.9 Å². The molecule has 2 rings (SSSR count). The average Bonchev–Trinajstić information content (AvgIpc) is 2.96. The Kier molecular flexibility index (Phi) is 5.45. The number of benzene rings is 1. The minimum atomic E-state index is -0.272. The Morgan fingerprint density at radius 1 is 1.33 bits per heavy atom. The van der Waals surface area contributed by atoms with Crippen LogP contribution in [0.25, 0.3) is 0 Å². The van der Waals surface area contributed by atoms with Crippen molar-refractivity contribution in [1.82, 2.24) is 20.1 Å². The number of carbonyl (C=O) groups is 1. The normalized spacial score (nSPS) is 10.6. The molecule has 0 saturated heterocycles. The lowest BCUT2D eigenvalue weighted by Gasteiger charge is -2.20. The predicted octanol–water partition coefficient (Wildman–Crippen LogP) is 1.39. The van der Waals surface area contributed by atoms with Gasteiger partial charge in [0.2, 0.25) is 5.82 Å². The maximum Gasteiger partial charge on any atom is 0.293 e. The number of aliphatic hydroxyl groups is 1. The SMILES string of the molecule is CCCc1nc(C(=O)N(CCO)Cc2ccccc2)n[nH]1. The molecule has 1 heterocycles. The quantitative estimate of drug-likeness (QED) is 0.806. The maximum atomic E-state index is 12.4. The van der Waals surface area contributed by atoms with Crippen LogP contribution in [0.5, 0.6) is 0 Å². The Morgan fingerprint density at radius 3 is 2.76 bits per heavy atom. The molecular formula is C15H20N4O2. The van der Waals surface area contributed by atoms with E-state index < -0.39 is 0 Å². The lowest BCUT2D eigenvalue weighted by atomic mass is 10.2. The number of hydrogen-bond donors (Lipinski definition) is 2. The zero-order chi connectivity index (χ0) is 15.1. The summed E-state index contributed by atoms with van der Waals surface area (Å²) in [6, 6.07) is 9.65. The Bertz CT molecular complexity index is 568. The van der Waals surface area contributed by atoms with E-state index in [1.165, 1.54) is 0 Å². The summed E-state index contributed by atoms with van der Waals surface area (Å²) in [6.07, 6.45) is 1.70. The number of aryl methyl sites for hydroxylation is 1. The first-order valence-electron chi connectivity index (χ1n) is 7.10. The van der Waals surface area contributed by atoms with E-state index >= 15 is 0 Å². The van der Waals surface area contributed by atoms with Crippen LogP contribution in [0.1, 0.15) is 35.4 Å². The van der Waals surface area contributed by atoms with Crippen LogP contribution in [-0.2, 0) is 13.0 Å². The van der Waals surface area contributed by atoms with Crippen molar-refractivity contribution in [2.75, 3.05) is 13.2 Å². The number of nitrogens with zero attached hydrogens (tertiary/aromatic N) is 3. The second kappa shape index (κ2) is 7.54. The highest BCUT2D eigenvalue weighted by Crippen LogP contribution is 2.08. The molecule has 0 saturated carbocycles. The van der Waals surface area contributed by atoms with Gasteiger partial charge in [-0.15, -0.1) is 5.10 Å². The molecule has 1 aromatic carbocycles. The molecule has 0 bridgehead atoms. The number of aliphatic hydroxyl groups excluding tert-OH is 1. The summed E-state index contributed by atoms with van der Waals surface area (Å²) < 4.78 is 0. The molecule has 0 aliphatic heterocycles. The van der Waals surface area contributed by atoms with E-state index in [9.17, 15) is 4.79 Å². The Labute approximate surface area is 123 Å². The molecule has 112 valence electrons. The monoisotopic (exact) mass is 288 g/mol. The number of aromatic nitrogens is 3. The van der Waals surface area contributed by atoms with Crippen LogP contribution >= 0.6 is 0 Å². The van der Waals surface area contributed by atoms with Crippen molar-refractivity contribution >= 4 is 5.91 Å². The number of aromatic amines is 1. The number of amides is 1. The average molecular weight is 288 g/mol. The standard InChI is InChI=1S/C15H20N4O2/c1-2-6-13-16-14(18-17-13)15(21)19(9-10-20)11-12-7-4-3-5-8-12/h3-5,7-8,20H,2,6,9-11H2,1H3,(H,16,17,18). The maximum absolute atomic E-state index is 12.4. The molecular weight excluding hydrogens is 268 g/mol. The minimum Gasteiger partial charge on any atom is -0.395 e. The van der Waals surface area contributed by atoms with Gasteiger partial charge in [-0.2, -0.15) is 0 Å². The van der Waals surface area contributed by atoms with Gasteiger partial charge in [-0.05, 0) is 12.0 Å². The lowest BCUT2D eigenvalue weighted by molar-refractivity contribution is 0.0696. The van der Waals surface area contributed by atoms with Crippen molar-refractivity contribution in [2.24, 2.45) is 0 Å². The summed E-state index contributed by atoms with van der Waals surface area (Å²) in [5, 5.41) is 15.9. The molecule has 0 aliphatic rings. The second-order valence-corrected chi connectivity index (χ2v) is 4.79. The van der Waals surface area contributed by atoms with Crippen molar-refractivity contribution in [2.45, 2.75) is 26.3 Å². The van der Waals surface area contributed by atoms with E-state index in [0.29, 0.717) is 12.4 Å². The van der Waals surface area contributed by atoms with E-state index in [0.717, 1.165) is 18.4 Å². The Balaban J connectivity index is 2.10. The second-order valence-electron chi connectivity index (χ2n) is 4.79. The van der Waals surface area contributed by atoms with E-state index in [1.54, 1.807) is 4.90 Å². The molecule has 0 fully saturated rings. The number of carbonyl (C=O) groups excluding carboxylic acids is 1. The lowest BCUT2D eigenvalue weighted by Crippen LogP contribution is -2.33. The highest BCUT2D eigenvalue weighted by atomic mass is 16.3. The first-order chi connectivity index (χ1) is 10.2. The van der Waals surface area contributed by atoms with Gasteiger partial charge < -0.3 is 10.0 Å². The summed E-state index contributed by atoms with van der Waals surface area (Å²) in [6.45, 7) is 2.63. The van der Waals surface area contributed by atoms with Crippen molar-refractivity contribution in [3.63, 3.8) is 0 Å². The van der Waals surface area contributed by atoms with Gasteiger partial charge in [-0.3, -0.25) is 9.89 Å². The molecule has 1 aromatic heterocycles. The molecule has 6 nitrogen and oxygen atoms in total. The van der Waals surface area contributed by atoms with Crippen LogP contribution in [-0.4, -0.2) is 44.2 Å². The molecule has 21 heavy (non-hydrogen) atoms. The molecule has 0 atom stereocenters. The Morgan fingerprint density at radius 2 is 2.10 bits per heavy atom. The summed E-state index contributed by atoms with van der Waals surface area (Å²) in [7, 11) is 0. The van der Waals surface area contributed by atoms with Gasteiger partial charge in [0, 0.05) is 19.5 Å². The third kappa shape index (κ3) is 4.13. The summed E-state index contributed by atoms with van der Waals surface area (Å²) in [5.41, 5.74) is 1.00. The number of rotatable bonds is 7. The minimum absolute atomic E-state index is 0.0924. The van der Waals surface area contributed by atoms with Gasteiger partial charge in [0.15, 0.2) is 0 Å². The van der Waals surface area contributed by atoms with Crippen LogP contribution in [0.15, 0.2) is 30.3 Å². The first-order valence-corrected chi connectivity index (χ1v) is 7.10. The smallest absolute Gasteiger partial charge is 0.293 e. The van der Waals surface area contributed by atoms with Crippen LogP contribution in [0.4, 0.5) is 0 Å². The van der Waals surface area contributed by atoms with Gasteiger partial charge >= 0.3 is 0 Å². The van der Waals surface area contributed by atoms with Gasteiger partial charge in [0.1, 0.15) is 5.82 Å². The van der Waals surface area contributed by atoms with Crippen molar-refractivity contribution in [1.29, 1.82) is 0 Å². The third-order valence-corrected chi connectivity index (χ3v) is 3.08. The van der Waals surface area contributed by atoms with Crippen molar-refractivity contribution < 1.29 is 9.90 Å². The zero-order valence-electron chi connectivity index (χ0n) is 12.1. The van der Waals surface area contributed by atoms with E-state index in [4.69, 9.17) is 5.11 Å². The van der Waals surface area contributed by atoms with Crippen molar-refractivity contribution in [3.05, 3.63) is 47.5 Å². The first kappa shape index (κ1) is 15.2. The Hall–Kier alpha value is -2.21. The molecule has 2 aromatic rings. The number of H-pyrrole nitrogens is 1. The van der Waals surface area contributed by atoms with Crippen LogP contribution in [0.2, 0.25) is 0 Å². The molecule has 2 N–H and O–H groups in total. The van der Waals surface area contributed by atoms with Gasteiger partial charge in [-0.25, -0.2) is 4.98 Å². The topological polar surface area (TPSA) is 82.1 Å². The molecule has 0 aliphatic carbocycles. The van der Waals surface area contributed by atoms with Crippen LogP contribution < -0.4 is 0 Å². The largest absolute Gasteiger partial charge is 0.395 e. The summed E-state index contributed by atoms with van der Waals surface area (Å²) in [5.74, 6) is 0.596. The summed E-state index contributed by atoms with van der Waals surface area (Å²) >= 11 is 0. The van der Waals surface area contributed by atoms with Gasteiger partial charge in [-0.1, -0.05) is 37.3 Å². The van der Waals surface area contributed by atoms with Gasteiger partial charge in [0.25, 0.3) is 5.91 Å². The number of hydrogen-bond acceptors (Lipinski definition) is 4.